The molecule has 1 heterocycles. The molecule has 1 fully saturated rings. The zero-order valence-corrected chi connectivity index (χ0v) is 15.1. The second kappa shape index (κ2) is 10.3. The molecule has 0 unspecified atom stereocenters. The Hall–Kier alpha value is -1.57. The molecule has 1 aromatic rings. The molecular weight excluding hydrogens is 298 g/mol. The Labute approximate surface area is 146 Å². The van der Waals surface area contributed by atoms with Gasteiger partial charge >= 0.3 is 0 Å². The van der Waals surface area contributed by atoms with E-state index < -0.39 is 0 Å². The molecule has 1 saturated heterocycles. The quantitative estimate of drug-likeness (QED) is 0.704. The van der Waals surface area contributed by atoms with Crippen molar-refractivity contribution in [2.75, 3.05) is 26.2 Å². The van der Waals surface area contributed by atoms with Gasteiger partial charge in [0, 0.05) is 25.6 Å². The van der Waals surface area contributed by atoms with Crippen molar-refractivity contribution < 1.29 is 4.74 Å². The van der Waals surface area contributed by atoms with Crippen molar-refractivity contribution in [3.63, 3.8) is 0 Å². The number of rotatable bonds is 9. The third-order valence-electron chi connectivity index (χ3n) is 4.41. The van der Waals surface area contributed by atoms with E-state index in [0.717, 1.165) is 24.6 Å². The number of benzene rings is 1. The zero-order chi connectivity index (χ0) is 17.2. The Morgan fingerprint density at radius 1 is 1.33 bits per heavy atom. The average Bonchev–Trinajstić information content (AvgIpc) is 2.58. The highest BCUT2D eigenvalue weighted by atomic mass is 16.5. The van der Waals surface area contributed by atoms with E-state index in [1.165, 1.54) is 38.0 Å². The predicted molar refractivity (Wildman–Crippen MR) is 97.9 cm³/mol. The molecule has 0 saturated carbocycles. The summed E-state index contributed by atoms with van der Waals surface area (Å²) in [7, 11) is 0. The second-order valence-corrected chi connectivity index (χ2v) is 7.11. The largest absolute Gasteiger partial charge is 0.494 e. The molecule has 4 nitrogen and oxygen atoms in total. The second-order valence-electron chi connectivity index (χ2n) is 7.11. The summed E-state index contributed by atoms with van der Waals surface area (Å²) in [6, 6.07) is 11.0. The van der Waals surface area contributed by atoms with Gasteiger partial charge in [0.05, 0.1) is 12.7 Å². The van der Waals surface area contributed by atoms with Crippen LogP contribution in [-0.2, 0) is 6.54 Å². The van der Waals surface area contributed by atoms with Crippen LogP contribution in [0.25, 0.3) is 0 Å². The third-order valence-corrected chi connectivity index (χ3v) is 4.41. The minimum atomic E-state index is 0.552. The van der Waals surface area contributed by atoms with Crippen LogP contribution in [0.4, 0.5) is 0 Å². The summed E-state index contributed by atoms with van der Waals surface area (Å²) in [5.41, 5.74) is 1.26. The van der Waals surface area contributed by atoms with Gasteiger partial charge < -0.3 is 15.0 Å². The van der Waals surface area contributed by atoms with E-state index in [1.54, 1.807) is 0 Å². The fourth-order valence-corrected chi connectivity index (χ4v) is 3.18. The van der Waals surface area contributed by atoms with Gasteiger partial charge in [0.15, 0.2) is 0 Å². The molecule has 24 heavy (non-hydrogen) atoms. The molecule has 0 aliphatic carbocycles. The first-order valence-corrected chi connectivity index (χ1v) is 9.22. The smallest absolute Gasteiger partial charge is 0.119 e. The van der Waals surface area contributed by atoms with Crippen LogP contribution < -0.4 is 10.1 Å². The molecule has 132 valence electrons. The van der Waals surface area contributed by atoms with Crippen molar-refractivity contribution in [1.29, 1.82) is 5.26 Å². The minimum absolute atomic E-state index is 0.552. The Morgan fingerprint density at radius 2 is 2.12 bits per heavy atom. The molecule has 0 bridgehead atoms. The van der Waals surface area contributed by atoms with Crippen molar-refractivity contribution in [3.8, 4) is 11.8 Å². The lowest BCUT2D eigenvalue weighted by Crippen LogP contribution is -2.43. The molecule has 2 rings (SSSR count). The number of nitriles is 1. The number of unbranched alkanes of at least 4 members (excludes halogenated alkanes) is 1. The van der Waals surface area contributed by atoms with Crippen LogP contribution in [0, 0.1) is 17.2 Å². The van der Waals surface area contributed by atoms with Gasteiger partial charge in [0.2, 0.25) is 0 Å². The molecule has 0 radical (unpaired) electrons. The summed E-state index contributed by atoms with van der Waals surface area (Å²) in [5.74, 6) is 1.66. The van der Waals surface area contributed by atoms with E-state index in [2.05, 4.69) is 42.3 Å². The van der Waals surface area contributed by atoms with Crippen molar-refractivity contribution in [1.82, 2.24) is 10.2 Å². The van der Waals surface area contributed by atoms with E-state index >= 15 is 0 Å². The fraction of sp³-hybridized carbons (Fsp3) is 0.650. The first-order chi connectivity index (χ1) is 11.7. The number of nitrogens with zero attached hydrogens (tertiary/aromatic N) is 2. The van der Waals surface area contributed by atoms with Crippen LogP contribution in [0.2, 0.25) is 0 Å². The SMILES string of the molecule is CC(C)CN1CCC(NCc2cccc(OCCCC#N)c2)CC1. The summed E-state index contributed by atoms with van der Waals surface area (Å²) in [6.07, 6.45) is 3.80. The summed E-state index contributed by atoms with van der Waals surface area (Å²) in [6.45, 7) is 9.72. The van der Waals surface area contributed by atoms with Crippen molar-refractivity contribution in [3.05, 3.63) is 29.8 Å². The number of nitrogens with one attached hydrogen (secondary N) is 1. The molecule has 1 N–H and O–H groups in total. The van der Waals surface area contributed by atoms with Gasteiger partial charge in [-0.05, 0) is 56.0 Å². The highest BCUT2D eigenvalue weighted by molar-refractivity contribution is 5.28. The summed E-state index contributed by atoms with van der Waals surface area (Å²) < 4.78 is 5.71. The lowest BCUT2D eigenvalue weighted by Gasteiger charge is -2.33. The van der Waals surface area contributed by atoms with Gasteiger partial charge in [-0.15, -0.1) is 0 Å². The monoisotopic (exact) mass is 329 g/mol. The minimum Gasteiger partial charge on any atom is -0.494 e. The lowest BCUT2D eigenvalue weighted by molar-refractivity contribution is 0.179. The first-order valence-electron chi connectivity index (χ1n) is 9.22. The maximum atomic E-state index is 8.54. The van der Waals surface area contributed by atoms with Crippen LogP contribution in [-0.4, -0.2) is 37.2 Å². The van der Waals surface area contributed by atoms with Crippen LogP contribution in [0.3, 0.4) is 0 Å². The molecule has 1 aliphatic rings. The maximum absolute atomic E-state index is 8.54. The van der Waals surface area contributed by atoms with Crippen LogP contribution in [0.15, 0.2) is 24.3 Å². The molecule has 1 aliphatic heterocycles. The number of piperidine rings is 1. The van der Waals surface area contributed by atoms with Gasteiger partial charge in [-0.25, -0.2) is 0 Å². The van der Waals surface area contributed by atoms with Crippen molar-refractivity contribution >= 4 is 0 Å². The highest BCUT2D eigenvalue weighted by Crippen LogP contribution is 2.16. The van der Waals surface area contributed by atoms with Gasteiger partial charge in [-0.3, -0.25) is 0 Å². The fourth-order valence-electron chi connectivity index (χ4n) is 3.18. The number of likely N-dealkylation sites (tertiary alicyclic amines) is 1. The van der Waals surface area contributed by atoms with Gasteiger partial charge in [-0.1, -0.05) is 26.0 Å². The van der Waals surface area contributed by atoms with Crippen molar-refractivity contribution in [2.45, 2.75) is 52.1 Å². The van der Waals surface area contributed by atoms with Gasteiger partial charge in [-0.2, -0.15) is 5.26 Å². The lowest BCUT2D eigenvalue weighted by atomic mass is 10.0. The molecule has 1 aromatic carbocycles. The Balaban J connectivity index is 1.70. The summed E-state index contributed by atoms with van der Waals surface area (Å²) >= 11 is 0. The molecule has 0 atom stereocenters. The predicted octanol–water partition coefficient (Wildman–Crippen LogP) is 3.58. The molecule has 0 amide bonds. The Bertz CT molecular complexity index is 516. The highest BCUT2D eigenvalue weighted by Gasteiger charge is 2.19. The van der Waals surface area contributed by atoms with E-state index in [1.807, 2.05) is 12.1 Å². The van der Waals surface area contributed by atoms with Crippen LogP contribution in [0.5, 0.6) is 5.75 Å². The van der Waals surface area contributed by atoms with E-state index in [0.29, 0.717) is 19.1 Å². The van der Waals surface area contributed by atoms with E-state index in [-0.39, 0.29) is 0 Å². The molecule has 4 heteroatoms. The number of hydrogen-bond donors (Lipinski definition) is 1. The standard InChI is InChI=1S/C20H31N3O/c1-17(2)16-23-11-8-19(9-12-23)22-15-18-6-5-7-20(14-18)24-13-4-3-10-21/h5-7,14,17,19,22H,3-4,8-9,11-13,15-16H2,1-2H3. The van der Waals surface area contributed by atoms with E-state index in [9.17, 15) is 0 Å². The third kappa shape index (κ3) is 6.90. The number of ether oxygens (including phenoxy) is 1. The van der Waals surface area contributed by atoms with Gasteiger partial charge in [0.1, 0.15) is 5.75 Å². The molecular formula is C20H31N3O. The molecule has 0 aromatic heterocycles. The Kier molecular flexibility index (Phi) is 8.07. The topological polar surface area (TPSA) is 48.3 Å². The Morgan fingerprint density at radius 3 is 2.83 bits per heavy atom. The van der Waals surface area contributed by atoms with Crippen LogP contribution >= 0.6 is 0 Å². The normalized spacial score (nSPS) is 16.2. The molecule has 0 spiro atoms. The zero-order valence-electron chi connectivity index (χ0n) is 15.1. The van der Waals surface area contributed by atoms with E-state index in [4.69, 9.17) is 10.00 Å². The van der Waals surface area contributed by atoms with Crippen LogP contribution in [0.1, 0.15) is 45.1 Å². The summed E-state index contributed by atoms with van der Waals surface area (Å²) in [5, 5.41) is 12.2. The number of hydrogen-bond acceptors (Lipinski definition) is 4. The van der Waals surface area contributed by atoms with Gasteiger partial charge in [0.25, 0.3) is 0 Å². The maximum Gasteiger partial charge on any atom is 0.119 e. The summed E-state index contributed by atoms with van der Waals surface area (Å²) in [4.78, 5) is 2.58. The van der Waals surface area contributed by atoms with Crippen molar-refractivity contribution in [2.24, 2.45) is 5.92 Å². The average molecular weight is 329 g/mol. The first kappa shape index (κ1) is 18.8.